The summed E-state index contributed by atoms with van der Waals surface area (Å²) in [4.78, 5) is 43.7. The molecule has 0 saturated carbocycles. The number of aromatic nitrogens is 1. The van der Waals surface area contributed by atoms with E-state index in [4.69, 9.17) is 4.74 Å². The standard InChI is InChI=1S/C23H22N4O5/c1-16-14-20(19-4-2-3-5-21(19)24-16)23(29)32-15-22(28)26-12-10-25(11-13-26)17-6-8-18(9-7-17)27(30)31/h2-9,14H,10-13,15H2,1H3. The zero-order chi connectivity index (χ0) is 22.7. The van der Waals surface area contributed by atoms with Gasteiger partial charge in [0.2, 0.25) is 0 Å². The van der Waals surface area contributed by atoms with Gasteiger partial charge in [0.05, 0.1) is 16.0 Å². The molecule has 2 aromatic carbocycles. The number of para-hydroxylation sites is 1. The third-order valence-electron chi connectivity index (χ3n) is 5.45. The Labute approximate surface area is 184 Å². The second-order valence-electron chi connectivity index (χ2n) is 7.55. The minimum atomic E-state index is -0.551. The Kier molecular flexibility index (Phi) is 5.98. The van der Waals surface area contributed by atoms with Crippen molar-refractivity contribution in [3.8, 4) is 0 Å². The number of nitro benzene ring substituents is 1. The summed E-state index contributed by atoms with van der Waals surface area (Å²) in [7, 11) is 0. The molecule has 32 heavy (non-hydrogen) atoms. The molecule has 1 aromatic heterocycles. The lowest BCUT2D eigenvalue weighted by molar-refractivity contribution is -0.384. The summed E-state index contributed by atoms with van der Waals surface area (Å²) in [6.07, 6.45) is 0. The summed E-state index contributed by atoms with van der Waals surface area (Å²) in [5.74, 6) is -0.804. The smallest absolute Gasteiger partial charge is 0.339 e. The van der Waals surface area contributed by atoms with Gasteiger partial charge < -0.3 is 14.5 Å². The van der Waals surface area contributed by atoms with Crippen LogP contribution >= 0.6 is 0 Å². The van der Waals surface area contributed by atoms with E-state index in [-0.39, 0.29) is 18.2 Å². The van der Waals surface area contributed by atoms with Crippen molar-refractivity contribution in [2.24, 2.45) is 0 Å². The lowest BCUT2D eigenvalue weighted by Crippen LogP contribution is -2.49. The van der Waals surface area contributed by atoms with Crippen LogP contribution in [0.15, 0.2) is 54.6 Å². The number of nitro groups is 1. The molecular weight excluding hydrogens is 412 g/mol. The van der Waals surface area contributed by atoms with E-state index in [2.05, 4.69) is 9.88 Å². The van der Waals surface area contributed by atoms with Gasteiger partial charge in [0.1, 0.15) is 0 Å². The van der Waals surface area contributed by atoms with Crippen molar-refractivity contribution in [2.75, 3.05) is 37.7 Å². The largest absolute Gasteiger partial charge is 0.452 e. The number of carbonyl (C=O) groups excluding carboxylic acids is 2. The molecule has 0 aliphatic carbocycles. The molecule has 9 heteroatoms. The minimum absolute atomic E-state index is 0.0431. The highest BCUT2D eigenvalue weighted by atomic mass is 16.6. The van der Waals surface area contributed by atoms with Crippen LogP contribution in [0.4, 0.5) is 11.4 Å². The van der Waals surface area contributed by atoms with E-state index in [0.717, 1.165) is 5.69 Å². The number of amides is 1. The molecule has 2 heterocycles. The molecular formula is C23H22N4O5. The van der Waals surface area contributed by atoms with Crippen LogP contribution in [0.1, 0.15) is 16.1 Å². The molecule has 0 radical (unpaired) electrons. The Bertz CT molecular complexity index is 1170. The van der Waals surface area contributed by atoms with Gasteiger partial charge in [-0.15, -0.1) is 0 Å². The molecule has 1 fully saturated rings. The predicted octanol–water partition coefficient (Wildman–Crippen LogP) is 2.96. The maximum absolute atomic E-state index is 12.6. The molecule has 9 nitrogen and oxygen atoms in total. The van der Waals surface area contributed by atoms with Crippen molar-refractivity contribution in [3.05, 3.63) is 76.0 Å². The van der Waals surface area contributed by atoms with Gasteiger partial charge in [-0.25, -0.2) is 4.79 Å². The third-order valence-corrected chi connectivity index (χ3v) is 5.45. The number of hydrogen-bond donors (Lipinski definition) is 0. The minimum Gasteiger partial charge on any atom is -0.452 e. The quantitative estimate of drug-likeness (QED) is 0.345. The number of hydrogen-bond acceptors (Lipinski definition) is 7. The Balaban J connectivity index is 1.33. The first-order chi connectivity index (χ1) is 15.4. The van der Waals surface area contributed by atoms with E-state index in [9.17, 15) is 19.7 Å². The average molecular weight is 434 g/mol. The molecule has 0 bridgehead atoms. The number of esters is 1. The normalized spacial score (nSPS) is 13.8. The van der Waals surface area contributed by atoms with Crippen LogP contribution in [0.25, 0.3) is 10.9 Å². The lowest BCUT2D eigenvalue weighted by atomic mass is 10.1. The lowest BCUT2D eigenvalue weighted by Gasteiger charge is -2.36. The molecule has 0 N–H and O–H groups in total. The van der Waals surface area contributed by atoms with E-state index in [1.807, 2.05) is 18.2 Å². The molecule has 0 atom stereocenters. The first kappa shape index (κ1) is 21.2. The number of pyridine rings is 1. The zero-order valence-electron chi connectivity index (χ0n) is 17.6. The topological polar surface area (TPSA) is 106 Å². The highest BCUT2D eigenvalue weighted by Crippen LogP contribution is 2.21. The highest BCUT2D eigenvalue weighted by Gasteiger charge is 2.23. The summed E-state index contributed by atoms with van der Waals surface area (Å²) in [6.45, 7) is 3.61. The SMILES string of the molecule is Cc1cc(C(=O)OCC(=O)N2CCN(c3ccc([N+](=O)[O-])cc3)CC2)c2ccccc2n1. The first-order valence-electron chi connectivity index (χ1n) is 10.2. The number of anilines is 1. The van der Waals surface area contributed by atoms with Gasteiger partial charge in [0.25, 0.3) is 11.6 Å². The first-order valence-corrected chi connectivity index (χ1v) is 10.2. The number of fused-ring (bicyclic) bond motifs is 1. The number of piperazine rings is 1. The maximum atomic E-state index is 12.6. The van der Waals surface area contributed by atoms with Gasteiger partial charge >= 0.3 is 5.97 Å². The van der Waals surface area contributed by atoms with Crippen LogP contribution in [0, 0.1) is 17.0 Å². The fraction of sp³-hybridized carbons (Fsp3) is 0.261. The van der Waals surface area contributed by atoms with Crippen molar-refractivity contribution >= 4 is 34.2 Å². The van der Waals surface area contributed by atoms with Gasteiger partial charge in [-0.2, -0.15) is 0 Å². The Morgan fingerprint density at radius 1 is 1.06 bits per heavy atom. The van der Waals surface area contributed by atoms with Gasteiger partial charge in [0.15, 0.2) is 6.61 Å². The van der Waals surface area contributed by atoms with E-state index in [0.29, 0.717) is 48.3 Å². The van der Waals surface area contributed by atoms with Crippen LogP contribution in [0.2, 0.25) is 0 Å². The predicted molar refractivity (Wildman–Crippen MR) is 119 cm³/mol. The average Bonchev–Trinajstić information content (AvgIpc) is 2.82. The molecule has 4 rings (SSSR count). The van der Waals surface area contributed by atoms with Gasteiger partial charge in [-0.1, -0.05) is 18.2 Å². The fourth-order valence-electron chi connectivity index (χ4n) is 3.77. The summed E-state index contributed by atoms with van der Waals surface area (Å²) in [6, 6.07) is 15.3. The van der Waals surface area contributed by atoms with Crippen LogP contribution < -0.4 is 4.90 Å². The van der Waals surface area contributed by atoms with Crippen LogP contribution in [-0.2, 0) is 9.53 Å². The number of aryl methyl sites for hydroxylation is 1. The molecule has 0 unspecified atom stereocenters. The molecule has 3 aromatic rings. The van der Waals surface area contributed by atoms with Crippen molar-refractivity contribution in [1.82, 2.24) is 9.88 Å². The Morgan fingerprint density at radius 2 is 1.75 bits per heavy atom. The molecule has 1 aliphatic heterocycles. The summed E-state index contributed by atoms with van der Waals surface area (Å²) < 4.78 is 5.32. The maximum Gasteiger partial charge on any atom is 0.339 e. The monoisotopic (exact) mass is 434 g/mol. The summed E-state index contributed by atoms with van der Waals surface area (Å²) >= 11 is 0. The van der Waals surface area contributed by atoms with Crippen LogP contribution in [-0.4, -0.2) is 59.5 Å². The number of rotatable bonds is 5. The molecule has 1 saturated heterocycles. The molecule has 1 amide bonds. The van der Waals surface area contributed by atoms with E-state index >= 15 is 0 Å². The summed E-state index contributed by atoms with van der Waals surface area (Å²) in [5.41, 5.74) is 2.71. The number of non-ortho nitro benzene ring substituents is 1. The van der Waals surface area contributed by atoms with Crippen LogP contribution in [0.5, 0.6) is 0 Å². The van der Waals surface area contributed by atoms with Crippen molar-refractivity contribution in [2.45, 2.75) is 6.92 Å². The van der Waals surface area contributed by atoms with Gasteiger partial charge in [-0.3, -0.25) is 19.9 Å². The Morgan fingerprint density at radius 3 is 2.44 bits per heavy atom. The summed E-state index contributed by atoms with van der Waals surface area (Å²) in [5, 5.41) is 11.5. The van der Waals surface area contributed by atoms with E-state index < -0.39 is 10.9 Å². The van der Waals surface area contributed by atoms with Crippen molar-refractivity contribution < 1.29 is 19.2 Å². The molecule has 164 valence electrons. The zero-order valence-corrected chi connectivity index (χ0v) is 17.6. The van der Waals surface area contributed by atoms with Gasteiger partial charge in [-0.05, 0) is 31.2 Å². The van der Waals surface area contributed by atoms with Crippen molar-refractivity contribution in [3.63, 3.8) is 0 Å². The number of benzene rings is 2. The highest BCUT2D eigenvalue weighted by molar-refractivity contribution is 6.04. The number of nitrogens with zero attached hydrogens (tertiary/aromatic N) is 4. The second kappa shape index (κ2) is 9.01. The van der Waals surface area contributed by atoms with Gasteiger partial charge in [0, 0.05) is 55.1 Å². The van der Waals surface area contributed by atoms with E-state index in [1.54, 1.807) is 36.1 Å². The third kappa shape index (κ3) is 4.51. The van der Waals surface area contributed by atoms with Crippen LogP contribution in [0.3, 0.4) is 0 Å². The number of carbonyl (C=O) groups is 2. The second-order valence-corrected chi connectivity index (χ2v) is 7.55. The molecule has 0 spiro atoms. The number of ether oxygens (including phenoxy) is 1. The Hall–Kier alpha value is -4.01. The van der Waals surface area contributed by atoms with Crippen molar-refractivity contribution in [1.29, 1.82) is 0 Å². The fourth-order valence-corrected chi connectivity index (χ4v) is 3.77. The van der Waals surface area contributed by atoms with E-state index in [1.165, 1.54) is 12.1 Å². The molecule has 1 aliphatic rings.